The summed E-state index contributed by atoms with van der Waals surface area (Å²) in [6, 6.07) is 8.39. The normalized spacial score (nSPS) is 15.2. The topological polar surface area (TPSA) is 33.1 Å². The predicted octanol–water partition coefficient (Wildman–Crippen LogP) is 3.40. The number of rotatable bonds is 5. The van der Waals surface area contributed by atoms with Crippen LogP contribution in [0, 0.1) is 0 Å². The molecule has 3 rings (SSSR count). The van der Waals surface area contributed by atoms with E-state index in [1.165, 1.54) is 11.3 Å². The van der Waals surface area contributed by atoms with Gasteiger partial charge >= 0.3 is 0 Å². The van der Waals surface area contributed by atoms with Crippen molar-refractivity contribution in [2.24, 2.45) is 0 Å². The fourth-order valence-electron chi connectivity index (χ4n) is 3.08. The lowest BCUT2D eigenvalue weighted by Crippen LogP contribution is -2.31. The van der Waals surface area contributed by atoms with Gasteiger partial charge in [-0.25, -0.2) is 4.68 Å². The van der Waals surface area contributed by atoms with Gasteiger partial charge in [0.25, 0.3) is 0 Å². The molecule has 0 unspecified atom stereocenters. The van der Waals surface area contributed by atoms with Crippen LogP contribution in [0.3, 0.4) is 0 Å². The van der Waals surface area contributed by atoms with Crippen molar-refractivity contribution >= 4 is 11.6 Å². The van der Waals surface area contributed by atoms with Gasteiger partial charge in [-0.05, 0) is 18.7 Å². The van der Waals surface area contributed by atoms with Gasteiger partial charge in [0.1, 0.15) is 0 Å². The van der Waals surface area contributed by atoms with E-state index in [1.54, 1.807) is 0 Å². The SMILES string of the molecule is CCN1CCc2c(c(CNC(C)C)nn2-c2ccccc2Cl)C1. The van der Waals surface area contributed by atoms with Crippen LogP contribution in [0.2, 0.25) is 5.02 Å². The Labute approximate surface area is 143 Å². The number of para-hydroxylation sites is 1. The smallest absolute Gasteiger partial charge is 0.0835 e. The van der Waals surface area contributed by atoms with Crippen LogP contribution in [0.5, 0.6) is 0 Å². The molecule has 0 aliphatic carbocycles. The molecule has 124 valence electrons. The highest BCUT2D eigenvalue weighted by molar-refractivity contribution is 6.32. The number of nitrogens with zero attached hydrogens (tertiary/aromatic N) is 3. The molecule has 0 atom stereocenters. The minimum Gasteiger partial charge on any atom is -0.309 e. The molecule has 5 heteroatoms. The number of halogens is 1. The number of hydrogen-bond acceptors (Lipinski definition) is 3. The summed E-state index contributed by atoms with van der Waals surface area (Å²) in [6.07, 6.45) is 1.02. The lowest BCUT2D eigenvalue weighted by atomic mass is 10.0. The lowest BCUT2D eigenvalue weighted by molar-refractivity contribution is 0.265. The summed E-state index contributed by atoms with van der Waals surface area (Å²) >= 11 is 6.41. The minimum atomic E-state index is 0.446. The summed E-state index contributed by atoms with van der Waals surface area (Å²) in [4.78, 5) is 2.47. The Morgan fingerprint density at radius 3 is 2.78 bits per heavy atom. The molecule has 0 spiro atoms. The summed E-state index contributed by atoms with van der Waals surface area (Å²) < 4.78 is 2.06. The Morgan fingerprint density at radius 1 is 1.30 bits per heavy atom. The van der Waals surface area contributed by atoms with Gasteiger partial charge in [-0.3, -0.25) is 4.90 Å². The van der Waals surface area contributed by atoms with E-state index in [1.807, 2.05) is 24.3 Å². The number of benzene rings is 1. The number of hydrogen-bond donors (Lipinski definition) is 1. The maximum Gasteiger partial charge on any atom is 0.0835 e. The molecule has 1 aliphatic heterocycles. The van der Waals surface area contributed by atoms with Crippen LogP contribution >= 0.6 is 11.6 Å². The van der Waals surface area contributed by atoms with Crippen LogP contribution in [0.4, 0.5) is 0 Å². The highest BCUT2D eigenvalue weighted by Gasteiger charge is 2.25. The summed E-state index contributed by atoms with van der Waals surface area (Å²) in [7, 11) is 0. The lowest BCUT2D eigenvalue weighted by Gasteiger charge is -2.26. The average molecular weight is 333 g/mol. The van der Waals surface area contributed by atoms with Crippen molar-refractivity contribution in [1.82, 2.24) is 20.0 Å². The summed E-state index contributed by atoms with van der Waals surface area (Å²) in [5.74, 6) is 0. The monoisotopic (exact) mass is 332 g/mol. The minimum absolute atomic E-state index is 0.446. The molecule has 0 fully saturated rings. The standard InChI is InChI=1S/C18H25ClN4/c1-4-22-10-9-17-14(12-22)16(11-20-13(2)3)21-23(17)18-8-6-5-7-15(18)19/h5-8,13,20H,4,9-12H2,1-3H3. The molecule has 4 nitrogen and oxygen atoms in total. The fourth-order valence-corrected chi connectivity index (χ4v) is 3.29. The van der Waals surface area contributed by atoms with Crippen molar-refractivity contribution in [3.8, 4) is 5.69 Å². The van der Waals surface area contributed by atoms with Crippen molar-refractivity contribution in [3.05, 3.63) is 46.2 Å². The van der Waals surface area contributed by atoms with Crippen molar-refractivity contribution < 1.29 is 0 Å². The Balaban J connectivity index is 2.02. The van der Waals surface area contributed by atoms with Gasteiger partial charge in [-0.15, -0.1) is 0 Å². The van der Waals surface area contributed by atoms with Crippen molar-refractivity contribution in [3.63, 3.8) is 0 Å². The Hall–Kier alpha value is -1.36. The van der Waals surface area contributed by atoms with Crippen LogP contribution in [-0.4, -0.2) is 33.8 Å². The fraction of sp³-hybridized carbons (Fsp3) is 0.500. The quantitative estimate of drug-likeness (QED) is 0.911. The zero-order valence-corrected chi connectivity index (χ0v) is 14.9. The number of aromatic nitrogens is 2. The molecule has 1 aliphatic rings. The molecular weight excluding hydrogens is 308 g/mol. The third-order valence-electron chi connectivity index (χ3n) is 4.43. The first-order valence-electron chi connectivity index (χ1n) is 8.40. The summed E-state index contributed by atoms with van der Waals surface area (Å²) in [5.41, 5.74) is 4.80. The number of likely N-dealkylation sites (N-methyl/N-ethyl adjacent to an activating group) is 1. The molecule has 2 aromatic rings. The van der Waals surface area contributed by atoms with Crippen molar-refractivity contribution in [2.45, 2.75) is 46.3 Å². The molecule has 2 heterocycles. The number of fused-ring (bicyclic) bond motifs is 1. The first kappa shape index (κ1) is 16.5. The third kappa shape index (κ3) is 3.44. The van der Waals surface area contributed by atoms with E-state index >= 15 is 0 Å². The zero-order valence-electron chi connectivity index (χ0n) is 14.1. The second kappa shape index (κ2) is 7.04. The van der Waals surface area contributed by atoms with Crippen molar-refractivity contribution in [1.29, 1.82) is 0 Å². The number of nitrogens with one attached hydrogen (secondary N) is 1. The predicted molar refractivity (Wildman–Crippen MR) is 95.2 cm³/mol. The highest BCUT2D eigenvalue weighted by Crippen LogP contribution is 2.28. The maximum atomic E-state index is 6.41. The zero-order chi connectivity index (χ0) is 16.4. The first-order chi connectivity index (χ1) is 11.1. The molecule has 1 aromatic heterocycles. The van der Waals surface area contributed by atoms with E-state index in [2.05, 4.69) is 35.7 Å². The molecule has 0 radical (unpaired) electrons. The molecule has 0 saturated carbocycles. The molecule has 0 bridgehead atoms. The maximum absolute atomic E-state index is 6.41. The van der Waals surface area contributed by atoms with E-state index in [0.717, 1.165) is 49.0 Å². The molecule has 23 heavy (non-hydrogen) atoms. The van der Waals surface area contributed by atoms with Gasteiger partial charge in [-0.1, -0.05) is 44.5 Å². The van der Waals surface area contributed by atoms with E-state index in [-0.39, 0.29) is 0 Å². The van der Waals surface area contributed by atoms with Crippen LogP contribution in [-0.2, 0) is 19.5 Å². The largest absolute Gasteiger partial charge is 0.309 e. The van der Waals surface area contributed by atoms with Gasteiger partial charge in [0.2, 0.25) is 0 Å². The van der Waals surface area contributed by atoms with Gasteiger partial charge in [0, 0.05) is 37.7 Å². The first-order valence-corrected chi connectivity index (χ1v) is 8.78. The molecule has 1 N–H and O–H groups in total. The molecule has 0 saturated heterocycles. The Kier molecular flexibility index (Phi) is 5.05. The average Bonchev–Trinajstić information content (AvgIpc) is 2.91. The second-order valence-electron chi connectivity index (χ2n) is 6.39. The van der Waals surface area contributed by atoms with E-state index in [0.29, 0.717) is 6.04 Å². The van der Waals surface area contributed by atoms with Gasteiger partial charge < -0.3 is 5.32 Å². The van der Waals surface area contributed by atoms with Gasteiger partial charge in [0.15, 0.2) is 0 Å². The van der Waals surface area contributed by atoms with Crippen LogP contribution < -0.4 is 5.32 Å². The second-order valence-corrected chi connectivity index (χ2v) is 6.80. The van der Waals surface area contributed by atoms with Crippen LogP contribution in [0.1, 0.15) is 37.7 Å². The van der Waals surface area contributed by atoms with Gasteiger partial charge in [-0.2, -0.15) is 5.10 Å². The highest BCUT2D eigenvalue weighted by atomic mass is 35.5. The van der Waals surface area contributed by atoms with E-state index < -0.39 is 0 Å². The van der Waals surface area contributed by atoms with Crippen LogP contribution in [0.15, 0.2) is 24.3 Å². The van der Waals surface area contributed by atoms with Crippen LogP contribution in [0.25, 0.3) is 5.69 Å². The molecular formula is C18H25ClN4. The van der Waals surface area contributed by atoms with E-state index in [4.69, 9.17) is 16.7 Å². The van der Waals surface area contributed by atoms with E-state index in [9.17, 15) is 0 Å². The molecule has 0 amide bonds. The Morgan fingerprint density at radius 2 is 2.09 bits per heavy atom. The molecule has 1 aromatic carbocycles. The third-order valence-corrected chi connectivity index (χ3v) is 4.74. The van der Waals surface area contributed by atoms with Crippen molar-refractivity contribution in [2.75, 3.05) is 13.1 Å². The Bertz CT molecular complexity index is 678. The summed E-state index contributed by atoms with van der Waals surface area (Å²) in [6.45, 7) is 10.5. The summed E-state index contributed by atoms with van der Waals surface area (Å²) in [5, 5.41) is 9.15. The van der Waals surface area contributed by atoms with Gasteiger partial charge in [0.05, 0.1) is 22.1 Å².